The minimum absolute atomic E-state index is 0.292. The highest BCUT2D eigenvalue weighted by atomic mass is 79.9. The van der Waals surface area contributed by atoms with Gasteiger partial charge in [-0.05, 0) is 53.5 Å². The number of anilines is 2. The van der Waals surface area contributed by atoms with Gasteiger partial charge in [0, 0.05) is 5.69 Å². The van der Waals surface area contributed by atoms with Gasteiger partial charge in [-0.25, -0.2) is 4.39 Å². The van der Waals surface area contributed by atoms with Gasteiger partial charge in [-0.3, -0.25) is 0 Å². The monoisotopic (exact) mass is 342 g/mol. The fraction of sp³-hybridized carbons (Fsp3) is 0.385. The summed E-state index contributed by atoms with van der Waals surface area (Å²) in [7, 11) is 0. The highest BCUT2D eigenvalue weighted by molar-refractivity contribution is 9.10. The summed E-state index contributed by atoms with van der Waals surface area (Å²) in [5, 5.41) is 14.0. The van der Waals surface area contributed by atoms with Crippen molar-refractivity contribution in [3.05, 3.63) is 33.9 Å². The van der Waals surface area contributed by atoms with Gasteiger partial charge < -0.3 is 15.1 Å². The molecule has 0 bridgehead atoms. The van der Waals surface area contributed by atoms with E-state index in [4.69, 9.17) is 4.42 Å². The van der Waals surface area contributed by atoms with Gasteiger partial charge in [0.1, 0.15) is 5.82 Å². The van der Waals surface area contributed by atoms with Crippen molar-refractivity contribution < 1.29 is 8.81 Å². The Morgan fingerprint density at radius 1 is 1.35 bits per heavy atom. The second-order valence-electron chi connectivity index (χ2n) is 4.38. The van der Waals surface area contributed by atoms with E-state index in [2.05, 4.69) is 43.7 Å². The summed E-state index contributed by atoms with van der Waals surface area (Å²) in [5.41, 5.74) is 1.48. The first-order chi connectivity index (χ1) is 9.60. The third-order valence-electron chi connectivity index (χ3n) is 2.68. The molecule has 0 radical (unpaired) electrons. The normalized spacial score (nSPS) is 10.8. The molecule has 1 aromatic carbocycles. The highest BCUT2D eigenvalue weighted by Gasteiger charge is 2.09. The Kier molecular flexibility index (Phi) is 5.08. The topological polar surface area (TPSA) is 63.0 Å². The summed E-state index contributed by atoms with van der Waals surface area (Å²) in [6, 6.07) is 3.37. The van der Waals surface area contributed by atoms with Crippen molar-refractivity contribution in [1.82, 2.24) is 15.5 Å². The molecule has 0 saturated carbocycles. The van der Waals surface area contributed by atoms with Crippen molar-refractivity contribution in [2.75, 3.05) is 11.9 Å². The number of aromatic nitrogens is 2. The van der Waals surface area contributed by atoms with E-state index in [0.717, 1.165) is 24.2 Å². The van der Waals surface area contributed by atoms with E-state index < -0.39 is 0 Å². The number of rotatable bonds is 6. The lowest BCUT2D eigenvalue weighted by molar-refractivity contribution is 0.479. The summed E-state index contributed by atoms with van der Waals surface area (Å²) < 4.78 is 19.2. The molecule has 0 saturated heterocycles. The minimum atomic E-state index is -0.303. The Hall–Kier alpha value is -1.47. The second-order valence-corrected chi connectivity index (χ2v) is 5.24. The maximum atomic E-state index is 13.3. The van der Waals surface area contributed by atoms with Gasteiger partial charge in [0.05, 0.1) is 11.0 Å². The van der Waals surface area contributed by atoms with Gasteiger partial charge in [-0.2, -0.15) is 0 Å². The Bertz CT molecular complexity index is 588. The molecule has 0 aliphatic rings. The first-order valence-electron chi connectivity index (χ1n) is 6.36. The predicted octanol–water partition coefficient (Wildman–Crippen LogP) is 3.52. The van der Waals surface area contributed by atoms with Crippen LogP contribution in [0.5, 0.6) is 0 Å². The third kappa shape index (κ3) is 3.77. The molecule has 0 atom stereocenters. The summed E-state index contributed by atoms with van der Waals surface area (Å²) in [6.07, 6.45) is 1.04. The van der Waals surface area contributed by atoms with E-state index in [1.54, 1.807) is 13.0 Å². The number of nitrogens with zero attached hydrogens (tertiary/aromatic N) is 2. The molecular formula is C13H16BrFN4O. The maximum absolute atomic E-state index is 13.3. The lowest BCUT2D eigenvalue weighted by Crippen LogP contribution is -2.13. The number of aryl methyl sites for hydroxylation is 1. The molecule has 108 valence electrons. The van der Waals surface area contributed by atoms with Crippen LogP contribution in [0, 0.1) is 12.7 Å². The molecule has 0 amide bonds. The average Bonchev–Trinajstić information content (AvgIpc) is 2.84. The standard InChI is InChI=1S/C13H16BrFN4O/c1-3-4-16-7-12-18-19-13(20-12)17-11-6-9(14)10(15)5-8(11)2/h5-6,16H,3-4,7H2,1-2H3,(H,17,19). The van der Waals surface area contributed by atoms with Gasteiger partial charge in [0.2, 0.25) is 5.89 Å². The molecule has 0 fully saturated rings. The molecule has 7 heteroatoms. The SMILES string of the molecule is CCCNCc1nnc(Nc2cc(Br)c(F)cc2C)o1. The van der Waals surface area contributed by atoms with E-state index in [1.807, 2.05) is 0 Å². The van der Waals surface area contributed by atoms with E-state index in [-0.39, 0.29) is 5.82 Å². The summed E-state index contributed by atoms with van der Waals surface area (Å²) in [5.74, 6) is 0.211. The summed E-state index contributed by atoms with van der Waals surface area (Å²) in [6.45, 7) is 5.32. The lowest BCUT2D eigenvalue weighted by atomic mass is 10.2. The number of halogens is 2. The van der Waals surface area contributed by atoms with Gasteiger partial charge in [-0.15, -0.1) is 5.10 Å². The van der Waals surface area contributed by atoms with E-state index in [1.165, 1.54) is 6.07 Å². The van der Waals surface area contributed by atoms with Crippen LogP contribution in [-0.4, -0.2) is 16.7 Å². The fourth-order valence-corrected chi connectivity index (χ4v) is 1.99. The molecule has 5 nitrogen and oxygen atoms in total. The average molecular weight is 343 g/mol. The quantitative estimate of drug-likeness (QED) is 0.786. The minimum Gasteiger partial charge on any atom is -0.406 e. The van der Waals surface area contributed by atoms with Crippen molar-refractivity contribution >= 4 is 27.6 Å². The van der Waals surface area contributed by atoms with Crippen LogP contribution < -0.4 is 10.6 Å². The van der Waals surface area contributed by atoms with Crippen LogP contribution in [0.2, 0.25) is 0 Å². The van der Waals surface area contributed by atoms with Crippen LogP contribution in [-0.2, 0) is 6.54 Å². The molecule has 20 heavy (non-hydrogen) atoms. The van der Waals surface area contributed by atoms with Crippen molar-refractivity contribution in [2.24, 2.45) is 0 Å². The number of hydrogen-bond acceptors (Lipinski definition) is 5. The van der Waals surface area contributed by atoms with Crippen LogP contribution in [0.4, 0.5) is 16.1 Å². The summed E-state index contributed by atoms with van der Waals surface area (Å²) in [4.78, 5) is 0. The Labute approximate surface area is 125 Å². The smallest absolute Gasteiger partial charge is 0.320 e. The lowest BCUT2D eigenvalue weighted by Gasteiger charge is -2.06. The molecule has 0 spiro atoms. The molecule has 1 heterocycles. The largest absolute Gasteiger partial charge is 0.406 e. The molecule has 2 rings (SSSR count). The predicted molar refractivity (Wildman–Crippen MR) is 78.4 cm³/mol. The molecule has 2 aromatic rings. The van der Waals surface area contributed by atoms with Crippen molar-refractivity contribution in [1.29, 1.82) is 0 Å². The number of hydrogen-bond donors (Lipinski definition) is 2. The van der Waals surface area contributed by atoms with Crippen LogP contribution in [0.15, 0.2) is 21.0 Å². The Morgan fingerprint density at radius 2 is 2.15 bits per heavy atom. The molecule has 1 aromatic heterocycles. The Morgan fingerprint density at radius 3 is 2.90 bits per heavy atom. The first-order valence-corrected chi connectivity index (χ1v) is 7.15. The fourth-order valence-electron chi connectivity index (χ4n) is 1.64. The molecular weight excluding hydrogens is 327 g/mol. The van der Waals surface area contributed by atoms with Crippen LogP contribution in [0.25, 0.3) is 0 Å². The van der Waals surface area contributed by atoms with Gasteiger partial charge in [-0.1, -0.05) is 12.0 Å². The zero-order chi connectivity index (χ0) is 14.5. The van der Waals surface area contributed by atoms with Crippen molar-refractivity contribution in [2.45, 2.75) is 26.8 Å². The van der Waals surface area contributed by atoms with E-state index >= 15 is 0 Å². The third-order valence-corrected chi connectivity index (χ3v) is 3.29. The highest BCUT2D eigenvalue weighted by Crippen LogP contribution is 2.26. The molecule has 0 aliphatic heterocycles. The summed E-state index contributed by atoms with van der Waals surface area (Å²) >= 11 is 3.15. The van der Waals surface area contributed by atoms with Crippen LogP contribution in [0.3, 0.4) is 0 Å². The van der Waals surface area contributed by atoms with Crippen LogP contribution >= 0.6 is 15.9 Å². The zero-order valence-corrected chi connectivity index (χ0v) is 12.9. The Balaban J connectivity index is 2.05. The molecule has 0 unspecified atom stereocenters. The second kappa shape index (κ2) is 6.81. The van der Waals surface area contributed by atoms with Crippen molar-refractivity contribution in [3.8, 4) is 0 Å². The van der Waals surface area contributed by atoms with Gasteiger partial charge >= 0.3 is 6.01 Å². The maximum Gasteiger partial charge on any atom is 0.320 e. The van der Waals surface area contributed by atoms with E-state index in [0.29, 0.717) is 22.9 Å². The molecule has 2 N–H and O–H groups in total. The number of benzene rings is 1. The van der Waals surface area contributed by atoms with Crippen LogP contribution in [0.1, 0.15) is 24.8 Å². The first kappa shape index (κ1) is 14.9. The number of nitrogens with one attached hydrogen (secondary N) is 2. The van der Waals surface area contributed by atoms with E-state index in [9.17, 15) is 4.39 Å². The van der Waals surface area contributed by atoms with Gasteiger partial charge in [0.15, 0.2) is 0 Å². The zero-order valence-electron chi connectivity index (χ0n) is 11.3. The van der Waals surface area contributed by atoms with Gasteiger partial charge in [0.25, 0.3) is 0 Å². The van der Waals surface area contributed by atoms with Crippen molar-refractivity contribution in [3.63, 3.8) is 0 Å². The molecule has 0 aliphatic carbocycles.